The molecule has 184 valence electrons. The van der Waals surface area contributed by atoms with Crippen LogP contribution in [-0.2, 0) is 14.3 Å². The molecule has 0 N–H and O–H groups in total. The zero-order chi connectivity index (χ0) is 25.2. The fraction of sp³-hybridized carbons (Fsp3) is 0.500. The number of hydrogen-bond donors (Lipinski definition) is 0. The first-order valence-electron chi connectivity index (χ1n) is 9.04. The maximum Gasteiger partial charge on any atom is 0.573 e. The number of fused-ring (bicyclic) bond motifs is 1. The van der Waals surface area contributed by atoms with Gasteiger partial charge in [-0.1, -0.05) is 6.08 Å². The largest absolute Gasteiger partial charge is 0.573 e. The molecule has 0 radical (unpaired) electrons. The van der Waals surface area contributed by atoms with Crippen LogP contribution in [0, 0.1) is 17.0 Å². The highest BCUT2D eigenvalue weighted by Gasteiger charge is 2.62. The standard InChI is InChI=1S/C18H17F6NO8/c1-9-6-13(32-18(22,23)24)7-12-4-5-16(17(19,20)21,33-14(9)12)11(3)31-15(26)30-10(2)8-29-25(27)28/h4-7,10-11H,8H2,1-3H3/t10?,11?,16-/m0/s1. The number of alkyl halides is 6. The van der Waals surface area contributed by atoms with Crippen LogP contribution in [-0.4, -0.2) is 48.2 Å². The average Bonchev–Trinajstić information content (AvgIpc) is 2.63. The second-order valence-electron chi connectivity index (χ2n) is 6.89. The van der Waals surface area contributed by atoms with E-state index in [0.717, 1.165) is 25.1 Å². The Morgan fingerprint density at radius 2 is 1.82 bits per heavy atom. The Labute approximate surface area is 181 Å². The average molecular weight is 489 g/mol. The van der Waals surface area contributed by atoms with E-state index in [2.05, 4.69) is 19.0 Å². The van der Waals surface area contributed by atoms with Crippen molar-refractivity contribution in [3.05, 3.63) is 39.4 Å². The molecule has 1 aromatic carbocycles. The molecular weight excluding hydrogens is 472 g/mol. The number of hydrogen-bond acceptors (Lipinski definition) is 8. The first-order chi connectivity index (χ1) is 15.0. The molecule has 2 unspecified atom stereocenters. The van der Waals surface area contributed by atoms with Crippen molar-refractivity contribution in [3.63, 3.8) is 0 Å². The van der Waals surface area contributed by atoms with Crippen molar-refractivity contribution < 1.29 is 60.0 Å². The number of halogens is 6. The van der Waals surface area contributed by atoms with Gasteiger partial charge < -0.3 is 23.8 Å². The van der Waals surface area contributed by atoms with Gasteiger partial charge in [-0.3, -0.25) is 0 Å². The minimum atomic E-state index is -5.14. The van der Waals surface area contributed by atoms with Crippen molar-refractivity contribution >= 4 is 12.2 Å². The van der Waals surface area contributed by atoms with E-state index in [0.29, 0.717) is 6.08 Å². The molecule has 1 aliphatic rings. The molecule has 0 aliphatic carbocycles. The number of carbonyl (C=O) groups is 1. The minimum absolute atomic E-state index is 0.106. The molecule has 2 rings (SSSR count). The van der Waals surface area contributed by atoms with Gasteiger partial charge in [-0.15, -0.1) is 23.3 Å². The Morgan fingerprint density at radius 1 is 1.18 bits per heavy atom. The summed E-state index contributed by atoms with van der Waals surface area (Å²) in [4.78, 5) is 26.0. The maximum atomic E-state index is 14.0. The van der Waals surface area contributed by atoms with E-state index in [4.69, 9.17) is 4.74 Å². The summed E-state index contributed by atoms with van der Waals surface area (Å²) in [7, 11) is 0. The summed E-state index contributed by atoms with van der Waals surface area (Å²) in [6, 6.07) is 1.67. The molecule has 0 saturated carbocycles. The van der Waals surface area contributed by atoms with E-state index < -0.39 is 59.7 Å². The predicted molar refractivity (Wildman–Crippen MR) is 95.7 cm³/mol. The van der Waals surface area contributed by atoms with E-state index >= 15 is 0 Å². The van der Waals surface area contributed by atoms with Crippen LogP contribution in [0.2, 0.25) is 0 Å². The molecular formula is C18H17F6NO8. The molecule has 0 saturated heterocycles. The topological polar surface area (TPSA) is 106 Å². The van der Waals surface area contributed by atoms with Gasteiger partial charge in [-0.2, -0.15) is 13.2 Å². The normalized spacial score (nSPS) is 19.5. The van der Waals surface area contributed by atoms with Gasteiger partial charge in [-0.05, 0) is 44.5 Å². The zero-order valence-corrected chi connectivity index (χ0v) is 17.2. The second-order valence-corrected chi connectivity index (χ2v) is 6.89. The minimum Gasteiger partial charge on any atom is -0.469 e. The molecule has 1 aliphatic heterocycles. The van der Waals surface area contributed by atoms with E-state index in [-0.39, 0.29) is 11.1 Å². The summed E-state index contributed by atoms with van der Waals surface area (Å²) in [5, 5.41) is 8.99. The van der Waals surface area contributed by atoms with Crippen molar-refractivity contribution in [2.45, 2.75) is 51.1 Å². The molecule has 0 bridgehead atoms. The Kier molecular flexibility index (Phi) is 7.23. The summed E-state index contributed by atoms with van der Waals surface area (Å²) in [6.07, 6.45) is -13.7. The number of rotatable bonds is 7. The van der Waals surface area contributed by atoms with Crippen LogP contribution in [0.25, 0.3) is 6.08 Å². The van der Waals surface area contributed by atoms with Gasteiger partial charge in [-0.25, -0.2) is 4.79 Å². The number of aryl methyl sites for hydroxylation is 1. The van der Waals surface area contributed by atoms with E-state index in [1.165, 1.54) is 13.8 Å². The Hall–Kier alpha value is -3.39. The third-order valence-electron chi connectivity index (χ3n) is 4.32. The predicted octanol–water partition coefficient (Wildman–Crippen LogP) is 4.74. The van der Waals surface area contributed by atoms with Crippen LogP contribution in [0.4, 0.5) is 31.1 Å². The highest BCUT2D eigenvalue weighted by atomic mass is 19.4. The number of nitrogens with zero attached hydrogens (tertiary/aromatic N) is 1. The van der Waals surface area contributed by atoms with Crippen molar-refractivity contribution in [1.82, 2.24) is 0 Å². The van der Waals surface area contributed by atoms with Crippen LogP contribution in [0.15, 0.2) is 18.2 Å². The van der Waals surface area contributed by atoms with Gasteiger partial charge in [0.15, 0.2) is 6.10 Å². The molecule has 15 heteroatoms. The summed E-state index contributed by atoms with van der Waals surface area (Å²) >= 11 is 0. The molecule has 0 aromatic heterocycles. The second kappa shape index (κ2) is 9.23. The monoisotopic (exact) mass is 489 g/mol. The van der Waals surface area contributed by atoms with Gasteiger partial charge in [0.2, 0.25) is 0 Å². The summed E-state index contributed by atoms with van der Waals surface area (Å²) in [5.74, 6) is -1.06. The molecule has 1 heterocycles. The number of benzene rings is 1. The summed E-state index contributed by atoms with van der Waals surface area (Å²) in [6.45, 7) is 2.55. The Bertz CT molecular complexity index is 932. The smallest absolute Gasteiger partial charge is 0.469 e. The van der Waals surface area contributed by atoms with Gasteiger partial charge in [0.1, 0.15) is 24.2 Å². The molecule has 0 spiro atoms. The highest BCUT2D eigenvalue weighted by molar-refractivity contribution is 5.66. The first-order valence-corrected chi connectivity index (χ1v) is 9.04. The molecule has 1 aromatic rings. The summed E-state index contributed by atoms with van der Waals surface area (Å²) in [5.41, 5.74) is -3.45. The van der Waals surface area contributed by atoms with Gasteiger partial charge in [0, 0.05) is 5.56 Å². The highest BCUT2D eigenvalue weighted by Crippen LogP contribution is 2.46. The van der Waals surface area contributed by atoms with Crippen molar-refractivity contribution in [1.29, 1.82) is 0 Å². The van der Waals surface area contributed by atoms with Crippen LogP contribution < -0.4 is 9.47 Å². The third kappa shape index (κ3) is 6.32. The molecule has 0 fully saturated rings. The quantitative estimate of drug-likeness (QED) is 0.234. The Balaban J connectivity index is 2.26. The SMILES string of the molecule is Cc1cc(OC(F)(F)F)cc2c1O[C@@](C(C)OC(=O)OC(C)CO[N+](=O)[O-])(C(F)(F)F)C=C2. The van der Waals surface area contributed by atoms with Crippen LogP contribution >= 0.6 is 0 Å². The zero-order valence-electron chi connectivity index (χ0n) is 17.2. The lowest BCUT2D eigenvalue weighted by Gasteiger charge is -2.40. The fourth-order valence-electron chi connectivity index (χ4n) is 2.86. The lowest BCUT2D eigenvalue weighted by atomic mass is 9.91. The lowest BCUT2D eigenvalue weighted by Crippen LogP contribution is -2.58. The number of ether oxygens (including phenoxy) is 4. The van der Waals surface area contributed by atoms with Crippen molar-refractivity contribution in [3.8, 4) is 11.5 Å². The molecule has 0 amide bonds. The van der Waals surface area contributed by atoms with Crippen LogP contribution in [0.5, 0.6) is 11.5 Å². The third-order valence-corrected chi connectivity index (χ3v) is 4.32. The van der Waals surface area contributed by atoms with Crippen molar-refractivity contribution in [2.24, 2.45) is 0 Å². The molecule has 9 nitrogen and oxygen atoms in total. The maximum absolute atomic E-state index is 14.0. The van der Waals surface area contributed by atoms with Crippen LogP contribution in [0.1, 0.15) is 25.0 Å². The van der Waals surface area contributed by atoms with E-state index in [1.807, 2.05) is 0 Å². The lowest BCUT2D eigenvalue weighted by molar-refractivity contribution is -0.759. The fourth-order valence-corrected chi connectivity index (χ4v) is 2.86. The van der Waals surface area contributed by atoms with E-state index in [9.17, 15) is 41.3 Å². The van der Waals surface area contributed by atoms with Gasteiger partial charge in [0.25, 0.3) is 10.7 Å². The first kappa shape index (κ1) is 25.9. The molecule has 33 heavy (non-hydrogen) atoms. The van der Waals surface area contributed by atoms with Crippen LogP contribution in [0.3, 0.4) is 0 Å². The Morgan fingerprint density at radius 3 is 2.36 bits per heavy atom. The number of carbonyl (C=O) groups excluding carboxylic acids is 1. The van der Waals surface area contributed by atoms with Crippen molar-refractivity contribution in [2.75, 3.05) is 6.61 Å². The van der Waals surface area contributed by atoms with Gasteiger partial charge >= 0.3 is 18.7 Å². The summed E-state index contributed by atoms with van der Waals surface area (Å²) < 4.78 is 97.7. The molecule has 3 atom stereocenters. The van der Waals surface area contributed by atoms with E-state index in [1.54, 1.807) is 0 Å². The van der Waals surface area contributed by atoms with Gasteiger partial charge in [0.05, 0.1) is 0 Å².